The van der Waals surface area contributed by atoms with Crippen LogP contribution in [0.5, 0.6) is 5.75 Å². The fraction of sp³-hybridized carbons (Fsp3) is 0.167. The van der Waals surface area contributed by atoms with Gasteiger partial charge in [-0.1, -0.05) is 73.7 Å². The second-order valence-corrected chi connectivity index (χ2v) is 7.19. The number of hydrazine groups is 1. The van der Waals surface area contributed by atoms with Crippen LogP contribution in [0.4, 0.5) is 10.5 Å². The van der Waals surface area contributed by atoms with Crippen LogP contribution in [0, 0.1) is 0 Å². The molecule has 0 fully saturated rings. The lowest BCUT2D eigenvalue weighted by Crippen LogP contribution is -2.31. The first kappa shape index (κ1) is 19.5. The number of hydrogen-bond acceptors (Lipinski definition) is 5. The second kappa shape index (κ2) is 8.69. The lowest BCUT2D eigenvalue weighted by molar-refractivity contribution is -0.135. The van der Waals surface area contributed by atoms with Crippen molar-refractivity contribution in [3.05, 3.63) is 95.6 Å². The van der Waals surface area contributed by atoms with E-state index in [4.69, 9.17) is 9.47 Å². The molecule has 0 bridgehead atoms. The van der Waals surface area contributed by atoms with E-state index in [1.54, 1.807) is 6.07 Å². The third kappa shape index (κ3) is 4.43. The van der Waals surface area contributed by atoms with E-state index in [9.17, 15) is 9.59 Å². The molecule has 4 rings (SSSR count). The highest BCUT2D eigenvalue weighted by molar-refractivity contribution is 5.77. The zero-order valence-electron chi connectivity index (χ0n) is 16.5. The van der Waals surface area contributed by atoms with Gasteiger partial charge in [0, 0.05) is 6.07 Å². The Bertz CT molecular complexity index is 998. The maximum atomic E-state index is 12.5. The van der Waals surface area contributed by atoms with Crippen LogP contribution < -0.4 is 15.6 Å². The summed E-state index contributed by atoms with van der Waals surface area (Å²) < 4.78 is 11.0. The van der Waals surface area contributed by atoms with Gasteiger partial charge in [0.25, 0.3) is 0 Å². The van der Waals surface area contributed by atoms with E-state index in [-0.39, 0.29) is 11.9 Å². The van der Waals surface area contributed by atoms with Crippen LogP contribution in [-0.2, 0) is 9.53 Å². The molecule has 1 aliphatic heterocycles. The summed E-state index contributed by atoms with van der Waals surface area (Å²) >= 11 is 0. The van der Waals surface area contributed by atoms with Crippen LogP contribution in [0.15, 0.2) is 78.9 Å². The van der Waals surface area contributed by atoms with E-state index in [0.717, 1.165) is 16.7 Å². The van der Waals surface area contributed by atoms with Crippen LogP contribution in [0.1, 0.15) is 42.1 Å². The summed E-state index contributed by atoms with van der Waals surface area (Å²) in [7, 11) is 0. The first-order valence-electron chi connectivity index (χ1n) is 9.77. The minimum Gasteiger partial charge on any atom is -0.435 e. The Morgan fingerprint density at radius 1 is 1.00 bits per heavy atom. The van der Waals surface area contributed by atoms with E-state index in [1.165, 1.54) is 0 Å². The van der Waals surface area contributed by atoms with Crippen LogP contribution in [-0.4, -0.2) is 12.1 Å². The number of hydrogen-bond donors (Lipinski definition) is 2. The van der Waals surface area contributed by atoms with Crippen molar-refractivity contribution in [3.63, 3.8) is 0 Å². The van der Waals surface area contributed by atoms with Crippen molar-refractivity contribution in [1.29, 1.82) is 0 Å². The van der Waals surface area contributed by atoms with Gasteiger partial charge in [0.15, 0.2) is 6.10 Å². The molecule has 0 aliphatic carbocycles. The SMILES string of the molecule is CC1CC(=O)Oc2cc(NNC(=O)OC(c3ccccc3)c3ccccc3)ccc21. The van der Waals surface area contributed by atoms with Gasteiger partial charge < -0.3 is 9.47 Å². The van der Waals surface area contributed by atoms with Gasteiger partial charge in [-0.3, -0.25) is 10.2 Å². The molecule has 0 spiro atoms. The second-order valence-electron chi connectivity index (χ2n) is 7.19. The third-order valence-electron chi connectivity index (χ3n) is 4.98. The quantitative estimate of drug-likeness (QED) is 0.359. The maximum Gasteiger partial charge on any atom is 0.426 e. The molecule has 6 nitrogen and oxygen atoms in total. The number of ether oxygens (including phenoxy) is 2. The van der Waals surface area contributed by atoms with Crippen molar-refractivity contribution in [2.24, 2.45) is 0 Å². The van der Waals surface area contributed by atoms with Gasteiger partial charge >= 0.3 is 12.1 Å². The predicted octanol–water partition coefficient (Wildman–Crippen LogP) is 4.94. The molecule has 1 amide bonds. The summed E-state index contributed by atoms with van der Waals surface area (Å²) in [6.45, 7) is 1.98. The van der Waals surface area contributed by atoms with Gasteiger partial charge in [0.05, 0.1) is 12.1 Å². The van der Waals surface area contributed by atoms with Gasteiger partial charge in [-0.25, -0.2) is 10.2 Å². The lowest BCUT2D eigenvalue weighted by Gasteiger charge is -2.22. The predicted molar refractivity (Wildman–Crippen MR) is 113 cm³/mol. The first-order chi connectivity index (χ1) is 14.6. The van der Waals surface area contributed by atoms with Crippen molar-refractivity contribution in [1.82, 2.24) is 5.43 Å². The first-order valence-corrected chi connectivity index (χ1v) is 9.77. The van der Waals surface area contributed by atoms with Crippen molar-refractivity contribution in [2.75, 3.05) is 5.43 Å². The van der Waals surface area contributed by atoms with Crippen LogP contribution in [0.2, 0.25) is 0 Å². The van der Waals surface area contributed by atoms with Gasteiger partial charge in [-0.2, -0.15) is 0 Å². The van der Waals surface area contributed by atoms with Crippen molar-refractivity contribution in [2.45, 2.75) is 25.4 Å². The number of anilines is 1. The highest BCUT2D eigenvalue weighted by Crippen LogP contribution is 2.35. The van der Waals surface area contributed by atoms with Crippen molar-refractivity contribution < 1.29 is 19.1 Å². The Morgan fingerprint density at radius 3 is 2.27 bits per heavy atom. The van der Waals surface area contributed by atoms with Crippen molar-refractivity contribution in [3.8, 4) is 5.75 Å². The smallest absolute Gasteiger partial charge is 0.426 e. The summed E-state index contributed by atoms with van der Waals surface area (Å²) in [6, 6.07) is 24.5. The number of rotatable bonds is 5. The monoisotopic (exact) mass is 402 g/mol. The molecular weight excluding hydrogens is 380 g/mol. The Hall–Kier alpha value is -3.80. The average molecular weight is 402 g/mol. The molecule has 0 saturated carbocycles. The van der Waals surface area contributed by atoms with Crippen molar-refractivity contribution >= 4 is 17.7 Å². The molecule has 0 aromatic heterocycles. The average Bonchev–Trinajstić information content (AvgIpc) is 2.77. The zero-order valence-corrected chi connectivity index (χ0v) is 16.5. The molecule has 30 heavy (non-hydrogen) atoms. The Balaban J connectivity index is 1.44. The minimum absolute atomic E-state index is 0.103. The number of esters is 1. The summed E-state index contributed by atoms with van der Waals surface area (Å²) in [5.41, 5.74) is 8.66. The highest BCUT2D eigenvalue weighted by atomic mass is 16.6. The van der Waals surface area contributed by atoms with Gasteiger partial charge in [-0.05, 0) is 28.7 Å². The Labute approximate surface area is 174 Å². The molecule has 152 valence electrons. The van der Waals surface area contributed by atoms with E-state index in [0.29, 0.717) is 17.9 Å². The number of nitrogens with one attached hydrogen (secondary N) is 2. The molecule has 2 N–H and O–H groups in total. The summed E-state index contributed by atoms with van der Waals surface area (Å²) in [4.78, 5) is 24.2. The number of amides is 1. The number of benzene rings is 3. The molecular formula is C24H22N2O4. The fourth-order valence-electron chi connectivity index (χ4n) is 3.48. The molecule has 0 saturated heterocycles. The van der Waals surface area contributed by atoms with Crippen LogP contribution in [0.3, 0.4) is 0 Å². The summed E-state index contributed by atoms with van der Waals surface area (Å²) in [5, 5.41) is 0. The third-order valence-corrected chi connectivity index (χ3v) is 4.98. The lowest BCUT2D eigenvalue weighted by atomic mass is 9.94. The molecule has 6 heteroatoms. The number of fused-ring (bicyclic) bond motifs is 1. The molecule has 1 aliphatic rings. The zero-order chi connectivity index (χ0) is 20.9. The van der Waals surface area contributed by atoms with E-state index in [1.807, 2.05) is 79.7 Å². The molecule has 1 heterocycles. The fourth-order valence-corrected chi connectivity index (χ4v) is 3.48. The highest BCUT2D eigenvalue weighted by Gasteiger charge is 2.24. The van der Waals surface area contributed by atoms with E-state index >= 15 is 0 Å². The molecule has 3 aromatic rings. The summed E-state index contributed by atoms with van der Waals surface area (Å²) in [6.07, 6.45) is -0.805. The summed E-state index contributed by atoms with van der Waals surface area (Å²) in [5.74, 6) is 0.351. The van der Waals surface area contributed by atoms with Gasteiger partial charge in [0.1, 0.15) is 5.75 Å². The molecule has 0 radical (unpaired) electrons. The number of carbonyl (C=O) groups is 2. The van der Waals surface area contributed by atoms with E-state index in [2.05, 4.69) is 10.9 Å². The largest absolute Gasteiger partial charge is 0.435 e. The topological polar surface area (TPSA) is 76.7 Å². The van der Waals surface area contributed by atoms with Crippen LogP contribution >= 0.6 is 0 Å². The van der Waals surface area contributed by atoms with E-state index < -0.39 is 12.2 Å². The Morgan fingerprint density at radius 2 is 1.63 bits per heavy atom. The number of carbonyl (C=O) groups excluding carboxylic acids is 2. The minimum atomic E-state index is -0.629. The van der Waals surface area contributed by atoms with Gasteiger partial charge in [0.2, 0.25) is 0 Å². The normalized spacial score (nSPS) is 15.1. The van der Waals surface area contributed by atoms with Crippen LogP contribution in [0.25, 0.3) is 0 Å². The Kier molecular flexibility index (Phi) is 5.66. The standard InChI is InChI=1S/C24H22N2O4/c1-16-14-22(27)29-21-15-19(12-13-20(16)21)25-26-24(28)30-23(17-8-4-2-5-9-17)18-10-6-3-7-11-18/h2-13,15-16,23,25H,14H2,1H3,(H,26,28). The maximum absolute atomic E-state index is 12.5. The molecule has 1 unspecified atom stereocenters. The van der Waals surface area contributed by atoms with Gasteiger partial charge in [-0.15, -0.1) is 0 Å². The molecule has 3 aromatic carbocycles. The molecule has 1 atom stereocenters.